The van der Waals surface area contributed by atoms with Crippen molar-refractivity contribution in [2.75, 3.05) is 74.7 Å². The molecule has 0 unspecified atom stereocenters. The summed E-state index contributed by atoms with van der Waals surface area (Å²) in [5.41, 5.74) is 0. The minimum atomic E-state index is -1.89. The van der Waals surface area contributed by atoms with Gasteiger partial charge < -0.3 is 23.7 Å². The van der Waals surface area contributed by atoms with E-state index in [2.05, 4.69) is 22.0 Å². The van der Waals surface area contributed by atoms with E-state index in [1.54, 1.807) is 35.5 Å². The Bertz CT molecular complexity index is 262. The number of ether oxygens (including phenoxy) is 2. The fourth-order valence-electron chi connectivity index (χ4n) is 2.21. The molecular weight excluding hydrogens is 370 g/mol. The highest BCUT2D eigenvalue weighted by Crippen LogP contribution is 2.49. The topological polar surface area (TPSA) is 78.9 Å². The van der Waals surface area contributed by atoms with E-state index in [1.165, 1.54) is 7.11 Å². The van der Waals surface area contributed by atoms with Crippen LogP contribution in [-0.2, 0) is 26.2 Å². The van der Waals surface area contributed by atoms with E-state index in [1.807, 2.05) is 0 Å². The minimum absolute atomic E-state index is 0.148. The van der Waals surface area contributed by atoms with Crippen LogP contribution in [0.15, 0.2) is 0 Å². The quantitative estimate of drug-likeness (QED) is 0.243. The molecule has 8 nitrogen and oxygen atoms in total. The maximum Gasteiger partial charge on any atom is 0.156 e. The molecule has 0 spiro atoms. The number of hydrogen-bond acceptors (Lipinski definition) is 9. The van der Waals surface area contributed by atoms with Crippen molar-refractivity contribution in [2.24, 2.45) is 0 Å². The van der Waals surface area contributed by atoms with Gasteiger partial charge in [-0.3, -0.25) is 12.5 Å². The number of nitrogens with zero attached hydrogens (tertiary/aromatic N) is 1. The summed E-state index contributed by atoms with van der Waals surface area (Å²) in [6.45, 7) is 2.55. The largest absolute Gasteiger partial charge is 0.395 e. The Balaban J connectivity index is 0. The lowest BCUT2D eigenvalue weighted by molar-refractivity contribution is -0.107. The van der Waals surface area contributed by atoms with Crippen LogP contribution in [0, 0.1) is 0 Å². The van der Waals surface area contributed by atoms with Gasteiger partial charge >= 0.3 is 0 Å². The third-order valence-corrected chi connectivity index (χ3v) is 5.80. The molecule has 0 aromatic rings. The normalized spacial score (nSPS) is 12.4. The summed E-state index contributed by atoms with van der Waals surface area (Å²) in [6, 6.07) is 0. The number of methoxy groups -OCH3 is 2. The predicted octanol–water partition coefficient (Wildman–Crippen LogP) is 2.04. The summed E-state index contributed by atoms with van der Waals surface area (Å²) in [5, 5.41) is 9.18. The molecule has 156 valence electrons. The highest BCUT2D eigenvalue weighted by Gasteiger charge is 2.22. The van der Waals surface area contributed by atoms with Crippen LogP contribution in [0.4, 0.5) is 0 Å². The molecule has 0 aliphatic carbocycles. The number of rotatable bonds is 15. The average Bonchev–Trinajstić information content (AvgIpc) is 2.63. The van der Waals surface area contributed by atoms with Gasteiger partial charge in [0, 0.05) is 33.6 Å². The van der Waals surface area contributed by atoms with E-state index in [9.17, 15) is 5.11 Å². The smallest absolute Gasteiger partial charge is 0.156 e. The monoisotopic (exact) mass is 407 g/mol. The predicted molar refractivity (Wildman–Crippen MR) is 105 cm³/mol. The lowest BCUT2D eigenvalue weighted by Gasteiger charge is -2.34. The fourth-order valence-corrected chi connectivity index (χ4v) is 3.60. The van der Waals surface area contributed by atoms with Gasteiger partial charge in [-0.1, -0.05) is 0 Å². The molecule has 10 heteroatoms. The van der Waals surface area contributed by atoms with E-state index < -0.39 is 10.9 Å². The Kier molecular flexibility index (Phi) is 21.1. The average molecular weight is 408 g/mol. The minimum Gasteiger partial charge on any atom is -0.395 e. The summed E-state index contributed by atoms with van der Waals surface area (Å²) >= 11 is 3.29. The van der Waals surface area contributed by atoms with Crippen LogP contribution < -0.4 is 0 Å². The number of aliphatic hydroxyl groups is 1. The van der Waals surface area contributed by atoms with Crippen molar-refractivity contribution < 1.29 is 31.3 Å². The molecule has 0 bridgehead atoms. The summed E-state index contributed by atoms with van der Waals surface area (Å²) in [6.07, 6.45) is 2.49. The second kappa shape index (κ2) is 19.2. The van der Waals surface area contributed by atoms with Crippen LogP contribution in [0.1, 0.15) is 19.3 Å². The van der Waals surface area contributed by atoms with Gasteiger partial charge in [0.1, 0.15) is 0 Å². The van der Waals surface area contributed by atoms with Crippen LogP contribution in [0.3, 0.4) is 0 Å². The first-order chi connectivity index (χ1) is 12.0. The maximum atomic E-state index is 9.18. The summed E-state index contributed by atoms with van der Waals surface area (Å²) in [5.74, 6) is 0.706. The van der Waals surface area contributed by atoms with Crippen LogP contribution in [-0.4, -0.2) is 90.9 Å². The van der Waals surface area contributed by atoms with Crippen molar-refractivity contribution in [2.45, 2.75) is 25.6 Å². The summed E-state index contributed by atoms with van der Waals surface area (Å²) in [4.78, 5) is 2.22. The van der Waals surface area contributed by atoms with Gasteiger partial charge in [-0.25, -0.2) is 0 Å². The van der Waals surface area contributed by atoms with Gasteiger partial charge in [-0.2, -0.15) is 0 Å². The Morgan fingerprint density at radius 1 is 0.880 bits per heavy atom. The van der Waals surface area contributed by atoms with Crippen molar-refractivity contribution in [3.8, 4) is 0 Å². The second-order valence-corrected chi connectivity index (χ2v) is 7.80. The molecular formula is C15H37NO7S2. The Morgan fingerprint density at radius 2 is 1.36 bits per heavy atom. The lowest BCUT2D eigenvalue weighted by Crippen LogP contribution is -2.31. The molecule has 0 saturated heterocycles. The zero-order chi connectivity index (χ0) is 19.6. The zero-order valence-electron chi connectivity index (χ0n) is 16.4. The Morgan fingerprint density at radius 3 is 1.76 bits per heavy atom. The molecule has 0 aromatic heterocycles. The van der Waals surface area contributed by atoms with E-state index in [-0.39, 0.29) is 12.9 Å². The zero-order valence-corrected chi connectivity index (χ0v) is 18.1. The van der Waals surface area contributed by atoms with Gasteiger partial charge in [0.15, 0.2) is 6.29 Å². The first-order valence-corrected chi connectivity index (χ1v) is 10.0. The van der Waals surface area contributed by atoms with E-state index in [0.717, 1.165) is 32.4 Å². The van der Waals surface area contributed by atoms with Crippen LogP contribution >= 0.6 is 23.8 Å². The molecule has 0 atom stereocenters. The molecule has 0 aliphatic rings. The molecule has 25 heavy (non-hydrogen) atoms. The molecule has 0 radical (unpaired) electrons. The standard InChI is InChI=1S/C14H33NO6S.CH4OS/c1-17-14(18-2)8-6-9-15(11-12-16)10-7-13-22(19-3,20-4)21-5;1-2-3/h14,16H,6-13H2,1-5H3;3H,1H3. The third-order valence-electron chi connectivity index (χ3n) is 3.49. The first-order valence-electron chi connectivity index (χ1n) is 8.07. The van der Waals surface area contributed by atoms with Gasteiger partial charge in [0.25, 0.3) is 0 Å². The van der Waals surface area contributed by atoms with E-state index in [0.29, 0.717) is 12.3 Å². The molecule has 0 saturated carbocycles. The molecule has 1 N–H and O–H groups in total. The lowest BCUT2D eigenvalue weighted by atomic mass is 10.2. The van der Waals surface area contributed by atoms with Gasteiger partial charge in [-0.05, 0) is 45.3 Å². The molecule has 0 rings (SSSR count). The maximum absolute atomic E-state index is 9.18. The number of hydrogen-bond donors (Lipinski definition) is 2. The Labute approximate surface area is 160 Å². The van der Waals surface area contributed by atoms with Crippen LogP contribution in [0.5, 0.6) is 0 Å². The van der Waals surface area contributed by atoms with Crippen molar-refractivity contribution in [1.29, 1.82) is 0 Å². The molecule has 0 fully saturated rings. The number of thiol groups is 1. The van der Waals surface area contributed by atoms with Gasteiger partial charge in [0.05, 0.1) is 38.8 Å². The fraction of sp³-hybridized carbons (Fsp3) is 1.00. The van der Waals surface area contributed by atoms with Crippen LogP contribution in [0.2, 0.25) is 0 Å². The van der Waals surface area contributed by atoms with Crippen molar-refractivity contribution >= 4 is 23.8 Å². The Hall–Kier alpha value is 0.380. The molecule has 0 heterocycles. The molecule has 0 aliphatic heterocycles. The number of aliphatic hydroxyl groups excluding tert-OH is 1. The third kappa shape index (κ3) is 14.1. The van der Waals surface area contributed by atoms with Gasteiger partial charge in [0.2, 0.25) is 0 Å². The highest BCUT2D eigenvalue weighted by molar-refractivity contribution is 8.21. The molecule has 0 amide bonds. The van der Waals surface area contributed by atoms with Crippen molar-refractivity contribution in [3.63, 3.8) is 0 Å². The highest BCUT2D eigenvalue weighted by atomic mass is 32.3. The summed E-state index contributed by atoms with van der Waals surface area (Å²) in [7, 11) is 7.68. The van der Waals surface area contributed by atoms with E-state index in [4.69, 9.17) is 22.0 Å². The van der Waals surface area contributed by atoms with Crippen LogP contribution in [0.25, 0.3) is 0 Å². The first kappa shape index (κ1) is 27.6. The second-order valence-electron chi connectivity index (χ2n) is 4.91. The van der Waals surface area contributed by atoms with Gasteiger partial charge in [-0.15, -0.1) is 0 Å². The van der Waals surface area contributed by atoms with Crippen molar-refractivity contribution in [3.05, 3.63) is 0 Å². The molecule has 0 aromatic carbocycles. The van der Waals surface area contributed by atoms with Crippen molar-refractivity contribution in [1.82, 2.24) is 4.90 Å². The van der Waals surface area contributed by atoms with E-state index >= 15 is 0 Å². The summed E-state index contributed by atoms with van der Waals surface area (Å²) < 4.78 is 30.4. The SMILES string of the molecule is COC(CCCN(CCO)CCCS(OC)(OC)OC)OC.COS.